The molecule has 0 spiro atoms. The Hall–Kier alpha value is -2.88. The molecule has 2 aliphatic rings. The Bertz CT molecular complexity index is 1330. The summed E-state index contributed by atoms with van der Waals surface area (Å²) in [6.07, 6.45) is 2.77. The third kappa shape index (κ3) is 4.80. The number of aromatic nitrogens is 2. The zero-order chi connectivity index (χ0) is 24.6. The van der Waals surface area contributed by atoms with E-state index in [0.717, 1.165) is 6.42 Å². The van der Waals surface area contributed by atoms with Crippen LogP contribution < -0.4 is 0 Å². The van der Waals surface area contributed by atoms with Gasteiger partial charge in [0.25, 0.3) is 5.91 Å². The first kappa shape index (κ1) is 23.8. The van der Waals surface area contributed by atoms with Crippen LogP contribution in [0.4, 0.5) is 0 Å². The highest BCUT2D eigenvalue weighted by Crippen LogP contribution is 2.30. The molecule has 5 rings (SSSR count). The summed E-state index contributed by atoms with van der Waals surface area (Å²) >= 11 is 0. The van der Waals surface area contributed by atoms with Gasteiger partial charge in [-0.05, 0) is 54.7 Å². The first-order valence-electron chi connectivity index (χ1n) is 12.1. The van der Waals surface area contributed by atoms with E-state index < -0.39 is 10.0 Å². The summed E-state index contributed by atoms with van der Waals surface area (Å²) in [4.78, 5) is 25.0. The van der Waals surface area contributed by atoms with E-state index in [0.29, 0.717) is 79.1 Å². The molecule has 8 nitrogen and oxygen atoms in total. The normalized spacial score (nSPS) is 21.8. The van der Waals surface area contributed by atoms with E-state index in [9.17, 15) is 13.2 Å². The van der Waals surface area contributed by atoms with Gasteiger partial charge in [-0.2, -0.15) is 4.31 Å². The molecule has 0 saturated carbocycles. The second-order valence-electron chi connectivity index (χ2n) is 9.62. The average molecular weight is 495 g/mol. The summed E-state index contributed by atoms with van der Waals surface area (Å²) < 4.78 is 33.4. The summed E-state index contributed by atoms with van der Waals surface area (Å²) in [6, 6.07) is 12.2. The van der Waals surface area contributed by atoms with Crippen LogP contribution in [0.1, 0.15) is 30.6 Å². The lowest BCUT2D eigenvalue weighted by Gasteiger charge is -2.35. The molecule has 2 aromatic heterocycles. The molecule has 184 valence electrons. The third-order valence-electron chi connectivity index (χ3n) is 6.70. The highest BCUT2D eigenvalue weighted by Gasteiger charge is 2.30. The summed E-state index contributed by atoms with van der Waals surface area (Å²) in [5.41, 5.74) is 2.27. The van der Waals surface area contributed by atoms with Crippen molar-refractivity contribution in [1.29, 1.82) is 0 Å². The van der Waals surface area contributed by atoms with Gasteiger partial charge in [-0.25, -0.2) is 13.4 Å². The number of benzene rings is 1. The Morgan fingerprint density at radius 1 is 1.00 bits per heavy atom. The monoisotopic (exact) mass is 494 g/mol. The number of carbonyl (C=O) groups excluding carboxylic acids is 1. The molecular weight excluding hydrogens is 464 g/mol. The average Bonchev–Trinajstić information content (AvgIpc) is 2.87. The fraction of sp³-hybridized carbons (Fsp3) is 0.423. The van der Waals surface area contributed by atoms with E-state index in [1.807, 2.05) is 23.1 Å². The summed E-state index contributed by atoms with van der Waals surface area (Å²) in [5.74, 6) is 0.709. The maximum Gasteiger partial charge on any atom is 0.254 e. The fourth-order valence-corrected chi connectivity index (χ4v) is 6.56. The predicted octanol–water partition coefficient (Wildman–Crippen LogP) is 3.44. The Morgan fingerprint density at radius 2 is 1.74 bits per heavy atom. The molecule has 2 fully saturated rings. The van der Waals surface area contributed by atoms with Crippen LogP contribution in [0.5, 0.6) is 0 Å². The number of piperidine rings is 1. The zero-order valence-electron chi connectivity index (χ0n) is 20.1. The number of sulfonamides is 1. The highest BCUT2D eigenvalue weighted by atomic mass is 32.2. The second-order valence-corrected chi connectivity index (χ2v) is 11.6. The Labute approximate surface area is 206 Å². The number of carbonyl (C=O) groups is 1. The number of morpholine rings is 1. The molecule has 2 atom stereocenters. The van der Waals surface area contributed by atoms with Crippen molar-refractivity contribution in [3.8, 4) is 11.4 Å². The van der Waals surface area contributed by atoms with Crippen molar-refractivity contribution in [2.45, 2.75) is 25.2 Å². The van der Waals surface area contributed by atoms with E-state index in [1.54, 1.807) is 30.5 Å². The SMILES string of the molecule is CC1CC(C)CN(C(=O)c2cc(-c3ccccn3)nc3ccc(S(=O)(=O)N4CCOCC4)cc23)C1. The first-order chi connectivity index (χ1) is 16.8. The minimum absolute atomic E-state index is 0.103. The number of hydrogen-bond donors (Lipinski definition) is 0. The van der Waals surface area contributed by atoms with Gasteiger partial charge in [0.2, 0.25) is 10.0 Å². The van der Waals surface area contributed by atoms with Crippen LogP contribution in [-0.2, 0) is 14.8 Å². The molecular formula is C26H30N4O4S. The number of hydrogen-bond acceptors (Lipinski definition) is 6. The molecule has 0 bridgehead atoms. The van der Waals surface area contributed by atoms with E-state index in [-0.39, 0.29) is 10.8 Å². The van der Waals surface area contributed by atoms with Crippen molar-refractivity contribution < 1.29 is 17.9 Å². The summed E-state index contributed by atoms with van der Waals surface area (Å²) in [7, 11) is -3.71. The standard InChI is InChI=1S/C26H30N4O4S/c1-18-13-19(2)17-29(16-18)26(31)22-15-25(24-5-3-4-8-27-24)28-23-7-6-20(14-21(22)23)35(32,33)30-9-11-34-12-10-30/h3-8,14-15,18-19H,9-13,16-17H2,1-2H3. The van der Waals surface area contributed by atoms with Crippen molar-refractivity contribution in [2.75, 3.05) is 39.4 Å². The topological polar surface area (TPSA) is 92.7 Å². The Morgan fingerprint density at radius 3 is 2.43 bits per heavy atom. The third-order valence-corrected chi connectivity index (χ3v) is 8.60. The van der Waals surface area contributed by atoms with E-state index in [4.69, 9.17) is 9.72 Å². The van der Waals surface area contributed by atoms with Crippen LogP contribution >= 0.6 is 0 Å². The van der Waals surface area contributed by atoms with Crippen LogP contribution in [-0.4, -0.2) is 72.9 Å². The number of amides is 1. The molecule has 2 unspecified atom stereocenters. The highest BCUT2D eigenvalue weighted by molar-refractivity contribution is 7.89. The van der Waals surface area contributed by atoms with Crippen molar-refractivity contribution in [3.05, 3.63) is 54.2 Å². The molecule has 35 heavy (non-hydrogen) atoms. The van der Waals surface area contributed by atoms with Crippen LogP contribution in [0.15, 0.2) is 53.6 Å². The van der Waals surface area contributed by atoms with E-state index >= 15 is 0 Å². The molecule has 0 N–H and O–H groups in total. The van der Waals surface area contributed by atoms with Crippen LogP contribution in [0.2, 0.25) is 0 Å². The Kier molecular flexibility index (Phi) is 6.57. The number of fused-ring (bicyclic) bond motifs is 1. The molecule has 2 saturated heterocycles. The van der Waals surface area contributed by atoms with E-state index in [2.05, 4.69) is 18.8 Å². The number of nitrogens with zero attached hydrogens (tertiary/aromatic N) is 4. The smallest absolute Gasteiger partial charge is 0.254 e. The second kappa shape index (κ2) is 9.64. The molecule has 0 radical (unpaired) electrons. The maximum atomic E-state index is 13.9. The number of likely N-dealkylation sites (tertiary alicyclic amines) is 1. The van der Waals surface area contributed by atoms with Crippen LogP contribution in [0, 0.1) is 11.8 Å². The lowest BCUT2D eigenvalue weighted by molar-refractivity contribution is 0.0625. The molecule has 1 aromatic carbocycles. The van der Waals surface area contributed by atoms with Crippen molar-refractivity contribution in [1.82, 2.24) is 19.2 Å². The zero-order valence-corrected chi connectivity index (χ0v) is 20.9. The van der Waals surface area contributed by atoms with Crippen molar-refractivity contribution in [3.63, 3.8) is 0 Å². The Balaban J connectivity index is 1.64. The maximum absolute atomic E-state index is 13.9. The first-order valence-corrected chi connectivity index (χ1v) is 13.5. The van der Waals surface area contributed by atoms with Crippen LogP contribution in [0.25, 0.3) is 22.3 Å². The molecule has 3 aromatic rings. The summed E-state index contributed by atoms with van der Waals surface area (Å²) in [5, 5.41) is 0.537. The van der Waals surface area contributed by atoms with Gasteiger partial charge >= 0.3 is 0 Å². The quantitative estimate of drug-likeness (QED) is 0.552. The lowest BCUT2D eigenvalue weighted by Crippen LogP contribution is -2.42. The largest absolute Gasteiger partial charge is 0.379 e. The molecule has 9 heteroatoms. The number of pyridine rings is 2. The number of rotatable bonds is 4. The van der Waals surface area contributed by atoms with Gasteiger partial charge in [0.1, 0.15) is 0 Å². The van der Waals surface area contributed by atoms with Gasteiger partial charge in [-0.1, -0.05) is 19.9 Å². The predicted molar refractivity (Wildman–Crippen MR) is 133 cm³/mol. The minimum Gasteiger partial charge on any atom is -0.379 e. The van der Waals surface area contributed by atoms with Gasteiger partial charge in [0, 0.05) is 37.8 Å². The lowest BCUT2D eigenvalue weighted by atomic mass is 9.91. The molecule has 2 aliphatic heterocycles. The molecule has 0 aliphatic carbocycles. The minimum atomic E-state index is -3.71. The number of ether oxygens (including phenoxy) is 1. The molecule has 1 amide bonds. The van der Waals surface area contributed by atoms with Gasteiger partial charge < -0.3 is 9.64 Å². The van der Waals surface area contributed by atoms with Gasteiger partial charge in [-0.15, -0.1) is 0 Å². The van der Waals surface area contributed by atoms with Crippen LogP contribution in [0.3, 0.4) is 0 Å². The van der Waals surface area contributed by atoms with Gasteiger partial charge in [0.05, 0.1) is 40.6 Å². The molecule has 4 heterocycles. The summed E-state index contributed by atoms with van der Waals surface area (Å²) in [6.45, 7) is 7.04. The van der Waals surface area contributed by atoms with Crippen molar-refractivity contribution >= 4 is 26.8 Å². The van der Waals surface area contributed by atoms with Crippen molar-refractivity contribution in [2.24, 2.45) is 11.8 Å². The fourth-order valence-electron chi connectivity index (χ4n) is 5.12. The van der Waals surface area contributed by atoms with Gasteiger partial charge in [0.15, 0.2) is 0 Å². The van der Waals surface area contributed by atoms with Gasteiger partial charge in [-0.3, -0.25) is 9.78 Å². The van der Waals surface area contributed by atoms with E-state index in [1.165, 1.54) is 4.31 Å².